The maximum Gasteiger partial charge on any atom is 0.238 e. The van der Waals surface area contributed by atoms with Crippen molar-refractivity contribution < 1.29 is 14.4 Å². The SMILES string of the molecule is NC(=NO)C1(C(=O)Nc2ccc(Cl)cc2F)CCCCC1. The van der Waals surface area contributed by atoms with Gasteiger partial charge in [-0.3, -0.25) is 4.79 Å². The van der Waals surface area contributed by atoms with Crippen molar-refractivity contribution in [2.75, 3.05) is 5.32 Å². The van der Waals surface area contributed by atoms with Crippen molar-refractivity contribution in [1.82, 2.24) is 0 Å². The van der Waals surface area contributed by atoms with Gasteiger partial charge in [-0.2, -0.15) is 0 Å². The van der Waals surface area contributed by atoms with E-state index in [1.165, 1.54) is 12.1 Å². The first-order chi connectivity index (χ1) is 9.99. The van der Waals surface area contributed by atoms with Crippen molar-refractivity contribution in [3.63, 3.8) is 0 Å². The van der Waals surface area contributed by atoms with Crippen LogP contribution in [-0.4, -0.2) is 17.0 Å². The molecule has 1 aromatic rings. The van der Waals surface area contributed by atoms with Gasteiger partial charge in [-0.25, -0.2) is 4.39 Å². The van der Waals surface area contributed by atoms with E-state index in [0.717, 1.165) is 25.3 Å². The number of hydrogen-bond acceptors (Lipinski definition) is 3. The Morgan fingerprint density at radius 2 is 2.05 bits per heavy atom. The third-order valence-corrected chi connectivity index (χ3v) is 4.15. The maximum absolute atomic E-state index is 13.8. The van der Waals surface area contributed by atoms with E-state index in [-0.39, 0.29) is 16.5 Å². The molecular formula is C14H17ClFN3O2. The van der Waals surface area contributed by atoms with E-state index in [2.05, 4.69) is 10.5 Å². The van der Waals surface area contributed by atoms with E-state index < -0.39 is 17.1 Å². The monoisotopic (exact) mass is 313 g/mol. The van der Waals surface area contributed by atoms with Crippen LogP contribution in [0.15, 0.2) is 23.4 Å². The van der Waals surface area contributed by atoms with E-state index in [4.69, 9.17) is 22.5 Å². The number of amides is 1. The first kappa shape index (κ1) is 15.6. The zero-order valence-corrected chi connectivity index (χ0v) is 12.2. The number of carbonyl (C=O) groups is 1. The molecule has 0 heterocycles. The van der Waals surface area contributed by atoms with Crippen LogP contribution in [-0.2, 0) is 4.79 Å². The second kappa shape index (κ2) is 6.30. The Bertz CT molecular complexity index is 571. The van der Waals surface area contributed by atoms with E-state index >= 15 is 0 Å². The van der Waals surface area contributed by atoms with Gasteiger partial charge < -0.3 is 16.3 Å². The lowest BCUT2D eigenvalue weighted by Gasteiger charge is -2.34. The minimum Gasteiger partial charge on any atom is -0.409 e. The molecule has 2 rings (SSSR count). The average Bonchev–Trinajstić information content (AvgIpc) is 2.49. The van der Waals surface area contributed by atoms with Crippen LogP contribution in [0, 0.1) is 11.2 Å². The number of nitrogens with zero attached hydrogens (tertiary/aromatic N) is 1. The van der Waals surface area contributed by atoms with Gasteiger partial charge in [0, 0.05) is 5.02 Å². The Kier molecular flexibility index (Phi) is 4.67. The highest BCUT2D eigenvalue weighted by atomic mass is 35.5. The van der Waals surface area contributed by atoms with Crippen molar-refractivity contribution in [2.45, 2.75) is 32.1 Å². The summed E-state index contributed by atoms with van der Waals surface area (Å²) in [5.41, 5.74) is 4.67. The first-order valence-electron chi connectivity index (χ1n) is 6.74. The number of nitrogens with two attached hydrogens (primary N) is 1. The quantitative estimate of drug-likeness (QED) is 0.347. The van der Waals surface area contributed by atoms with Gasteiger partial charge in [0.15, 0.2) is 5.84 Å². The summed E-state index contributed by atoms with van der Waals surface area (Å²) in [7, 11) is 0. The van der Waals surface area contributed by atoms with Gasteiger partial charge in [0.25, 0.3) is 0 Å². The summed E-state index contributed by atoms with van der Waals surface area (Å²) in [6.07, 6.45) is 3.54. The maximum atomic E-state index is 13.8. The topological polar surface area (TPSA) is 87.7 Å². The molecule has 5 nitrogen and oxygen atoms in total. The van der Waals surface area contributed by atoms with Gasteiger partial charge in [0.05, 0.1) is 5.69 Å². The van der Waals surface area contributed by atoms with Crippen molar-refractivity contribution in [2.24, 2.45) is 16.3 Å². The summed E-state index contributed by atoms with van der Waals surface area (Å²) in [6, 6.07) is 3.99. The number of rotatable bonds is 3. The van der Waals surface area contributed by atoms with Gasteiger partial charge in [-0.1, -0.05) is 36.0 Å². The number of oxime groups is 1. The molecule has 1 amide bonds. The number of carbonyl (C=O) groups excluding carboxylic acids is 1. The number of benzene rings is 1. The molecule has 0 aromatic heterocycles. The van der Waals surface area contributed by atoms with Gasteiger partial charge in [0.2, 0.25) is 5.91 Å². The second-order valence-corrected chi connectivity index (χ2v) is 5.64. The lowest BCUT2D eigenvalue weighted by molar-refractivity contribution is -0.123. The van der Waals surface area contributed by atoms with Crippen LogP contribution in [0.4, 0.5) is 10.1 Å². The van der Waals surface area contributed by atoms with Crippen LogP contribution in [0.1, 0.15) is 32.1 Å². The molecule has 0 spiro atoms. The molecule has 0 radical (unpaired) electrons. The molecule has 114 valence electrons. The summed E-state index contributed by atoms with van der Waals surface area (Å²) >= 11 is 5.68. The van der Waals surface area contributed by atoms with Crippen LogP contribution in [0.3, 0.4) is 0 Å². The minimum atomic E-state index is -1.08. The Labute approximate surface area is 127 Å². The van der Waals surface area contributed by atoms with E-state index in [0.29, 0.717) is 12.8 Å². The number of nitrogens with one attached hydrogen (secondary N) is 1. The molecule has 0 unspecified atom stereocenters. The van der Waals surface area contributed by atoms with Crippen LogP contribution >= 0.6 is 11.6 Å². The molecular weight excluding hydrogens is 297 g/mol. The highest BCUT2D eigenvalue weighted by molar-refractivity contribution is 6.30. The standard InChI is InChI=1S/C14H17ClFN3O2/c15-9-4-5-11(10(16)8-9)18-13(20)14(12(17)19-21)6-2-1-3-7-14/h4-5,8,21H,1-3,6-7H2,(H2,17,19)(H,18,20). The summed E-state index contributed by atoms with van der Waals surface area (Å²) < 4.78 is 13.8. The molecule has 1 fully saturated rings. The van der Waals surface area contributed by atoms with E-state index in [1.807, 2.05) is 0 Å². The molecule has 21 heavy (non-hydrogen) atoms. The molecule has 0 saturated heterocycles. The molecule has 1 aliphatic rings. The molecule has 0 atom stereocenters. The molecule has 7 heteroatoms. The Hall–Kier alpha value is -1.82. The first-order valence-corrected chi connectivity index (χ1v) is 7.12. The van der Waals surface area contributed by atoms with E-state index in [9.17, 15) is 9.18 Å². The third kappa shape index (κ3) is 3.10. The predicted octanol–water partition coefficient (Wildman–Crippen LogP) is 3.11. The fourth-order valence-corrected chi connectivity index (χ4v) is 2.84. The zero-order valence-electron chi connectivity index (χ0n) is 11.4. The summed E-state index contributed by atoms with van der Waals surface area (Å²) in [5.74, 6) is -1.21. The van der Waals surface area contributed by atoms with Crippen molar-refractivity contribution >= 4 is 29.0 Å². The van der Waals surface area contributed by atoms with Gasteiger partial charge >= 0.3 is 0 Å². The number of amidine groups is 1. The van der Waals surface area contributed by atoms with Crippen molar-refractivity contribution in [3.8, 4) is 0 Å². The summed E-state index contributed by atoms with van der Waals surface area (Å²) in [4.78, 5) is 12.5. The highest BCUT2D eigenvalue weighted by Gasteiger charge is 2.44. The Morgan fingerprint density at radius 1 is 1.38 bits per heavy atom. The molecule has 4 N–H and O–H groups in total. The van der Waals surface area contributed by atoms with Gasteiger partial charge in [0.1, 0.15) is 11.2 Å². The Balaban J connectivity index is 2.27. The largest absolute Gasteiger partial charge is 0.409 e. The number of halogens is 2. The molecule has 1 aliphatic carbocycles. The molecule has 0 aliphatic heterocycles. The smallest absolute Gasteiger partial charge is 0.238 e. The molecule has 1 saturated carbocycles. The molecule has 0 bridgehead atoms. The number of anilines is 1. The summed E-state index contributed by atoms with van der Waals surface area (Å²) in [5, 5.41) is 14.7. The fourth-order valence-electron chi connectivity index (χ4n) is 2.68. The second-order valence-electron chi connectivity index (χ2n) is 5.21. The fraction of sp³-hybridized carbons (Fsp3) is 0.429. The van der Waals surface area contributed by atoms with Crippen LogP contribution in [0.5, 0.6) is 0 Å². The lowest BCUT2D eigenvalue weighted by Crippen LogP contribution is -2.48. The third-order valence-electron chi connectivity index (χ3n) is 3.92. The predicted molar refractivity (Wildman–Crippen MR) is 79.0 cm³/mol. The van der Waals surface area contributed by atoms with Crippen molar-refractivity contribution in [1.29, 1.82) is 0 Å². The highest BCUT2D eigenvalue weighted by Crippen LogP contribution is 2.38. The van der Waals surface area contributed by atoms with E-state index in [1.54, 1.807) is 0 Å². The van der Waals surface area contributed by atoms with Gasteiger partial charge in [-0.15, -0.1) is 0 Å². The van der Waals surface area contributed by atoms with Gasteiger partial charge in [-0.05, 0) is 31.0 Å². The Morgan fingerprint density at radius 3 is 2.62 bits per heavy atom. The summed E-state index contributed by atoms with van der Waals surface area (Å²) in [6.45, 7) is 0. The minimum absolute atomic E-state index is 0.0279. The lowest BCUT2D eigenvalue weighted by atomic mass is 9.72. The zero-order chi connectivity index (χ0) is 15.5. The van der Waals surface area contributed by atoms with Crippen LogP contribution in [0.25, 0.3) is 0 Å². The van der Waals surface area contributed by atoms with Crippen LogP contribution in [0.2, 0.25) is 5.02 Å². The molecule has 1 aromatic carbocycles. The normalized spacial score (nSPS) is 18.3. The number of hydrogen-bond donors (Lipinski definition) is 3. The average molecular weight is 314 g/mol. The van der Waals surface area contributed by atoms with Crippen LogP contribution < -0.4 is 11.1 Å². The van der Waals surface area contributed by atoms with Crippen molar-refractivity contribution in [3.05, 3.63) is 29.0 Å².